The van der Waals surface area contributed by atoms with Gasteiger partial charge in [-0.2, -0.15) is 0 Å². The van der Waals surface area contributed by atoms with Gasteiger partial charge in [0.25, 0.3) is 0 Å². The van der Waals surface area contributed by atoms with Crippen molar-refractivity contribution < 1.29 is 9.53 Å². The van der Waals surface area contributed by atoms with E-state index < -0.39 is 0 Å². The summed E-state index contributed by atoms with van der Waals surface area (Å²) in [5.41, 5.74) is 3.92. The average Bonchev–Trinajstić information content (AvgIpc) is 2.87. The van der Waals surface area contributed by atoms with Crippen molar-refractivity contribution >= 4 is 6.79 Å². The Labute approximate surface area is 218 Å². The molecule has 4 rings (SSSR count). The van der Waals surface area contributed by atoms with Gasteiger partial charge in [0.05, 0.1) is 12.4 Å². The largest absolute Gasteiger partial charge is 0.493 e. The van der Waals surface area contributed by atoms with Gasteiger partial charge in [-0.05, 0) is 67.8 Å². The van der Waals surface area contributed by atoms with E-state index in [4.69, 9.17) is 9.53 Å². The first-order valence-corrected chi connectivity index (χ1v) is 13.3. The maximum atomic E-state index is 8.00. The summed E-state index contributed by atoms with van der Waals surface area (Å²) in [7, 11) is 2.29. The zero-order chi connectivity index (χ0) is 26.1. The monoisotopic (exact) mass is 491 g/mol. The lowest BCUT2D eigenvalue weighted by atomic mass is 9.72. The zero-order valence-corrected chi connectivity index (χ0v) is 22.7. The van der Waals surface area contributed by atoms with Crippen molar-refractivity contribution in [1.82, 2.24) is 15.1 Å². The summed E-state index contributed by atoms with van der Waals surface area (Å²) in [6.45, 7) is 17.9. The third kappa shape index (κ3) is 7.60. The number of nitrogens with zero attached hydrogens (tertiary/aromatic N) is 2. The predicted molar refractivity (Wildman–Crippen MR) is 149 cm³/mol. The number of hydrogen-bond donors (Lipinski definition) is 1. The molecular formula is C31H45N3O2. The maximum absolute atomic E-state index is 8.00. The summed E-state index contributed by atoms with van der Waals surface area (Å²) in [6, 6.07) is 18.0. The highest BCUT2D eigenvalue weighted by molar-refractivity contribution is 5.28. The van der Waals surface area contributed by atoms with Gasteiger partial charge in [0.1, 0.15) is 12.5 Å². The molecule has 2 bridgehead atoms. The first-order chi connectivity index (χ1) is 17.4. The van der Waals surface area contributed by atoms with Gasteiger partial charge in [-0.25, -0.2) is 0 Å². The number of carbonyl (C=O) groups is 1. The number of rotatable bonds is 10. The van der Waals surface area contributed by atoms with Gasteiger partial charge in [-0.1, -0.05) is 68.8 Å². The van der Waals surface area contributed by atoms with E-state index in [1.807, 2.05) is 6.79 Å². The fourth-order valence-corrected chi connectivity index (χ4v) is 5.69. The first kappa shape index (κ1) is 27.8. The Morgan fingerprint density at radius 3 is 2.19 bits per heavy atom. The Hall–Kier alpha value is -2.79. The van der Waals surface area contributed by atoms with Crippen LogP contribution >= 0.6 is 0 Å². The van der Waals surface area contributed by atoms with Crippen LogP contribution in [0, 0.1) is 24.7 Å². The lowest BCUT2D eigenvalue weighted by molar-refractivity contribution is -0.0979. The van der Waals surface area contributed by atoms with Crippen molar-refractivity contribution in [2.75, 3.05) is 26.7 Å². The number of carbonyl (C=O) groups excluding carboxylic acids is 1. The molecular weight excluding hydrogens is 446 g/mol. The summed E-state index contributed by atoms with van der Waals surface area (Å²) in [6.07, 6.45) is 4.01. The number of benzene rings is 2. The number of aryl methyl sites for hydroxylation is 1. The number of ether oxygens (including phenoxy) is 1. The minimum Gasteiger partial charge on any atom is -0.493 e. The molecule has 5 nitrogen and oxygen atoms in total. The topological polar surface area (TPSA) is 44.8 Å². The Morgan fingerprint density at radius 2 is 1.61 bits per heavy atom. The molecule has 1 heterocycles. The van der Waals surface area contributed by atoms with Crippen LogP contribution in [0.3, 0.4) is 0 Å². The van der Waals surface area contributed by atoms with E-state index in [0.29, 0.717) is 23.8 Å². The molecule has 2 unspecified atom stereocenters. The van der Waals surface area contributed by atoms with Crippen LogP contribution in [0.2, 0.25) is 0 Å². The lowest BCUT2D eigenvalue weighted by Crippen LogP contribution is -2.57. The number of hydrogen-bond acceptors (Lipinski definition) is 5. The number of fused-ring (bicyclic) bond motifs is 2. The van der Waals surface area contributed by atoms with E-state index in [1.165, 1.54) is 49.0 Å². The van der Waals surface area contributed by atoms with Crippen LogP contribution < -0.4 is 10.1 Å². The van der Waals surface area contributed by atoms with Crippen molar-refractivity contribution in [3.8, 4) is 5.75 Å². The highest BCUT2D eigenvalue weighted by Crippen LogP contribution is 2.39. The zero-order valence-electron chi connectivity index (χ0n) is 22.7. The highest BCUT2D eigenvalue weighted by Gasteiger charge is 2.42. The highest BCUT2D eigenvalue weighted by atomic mass is 16.5. The van der Waals surface area contributed by atoms with E-state index in [1.54, 1.807) is 0 Å². The fraction of sp³-hybridized carbons (Fsp3) is 0.516. The second-order valence-corrected chi connectivity index (χ2v) is 10.9. The molecule has 2 aliphatic rings. The second-order valence-electron chi connectivity index (χ2n) is 10.9. The summed E-state index contributed by atoms with van der Waals surface area (Å²) < 4.78 is 5.84. The smallest absolute Gasteiger partial charge is 0.119 e. The van der Waals surface area contributed by atoms with Crippen LogP contribution in [0.1, 0.15) is 49.8 Å². The Morgan fingerprint density at radius 1 is 1.03 bits per heavy atom. The molecule has 196 valence electrons. The average molecular weight is 492 g/mol. The normalized spacial score (nSPS) is 21.3. The van der Waals surface area contributed by atoms with Gasteiger partial charge in [0.2, 0.25) is 0 Å². The van der Waals surface area contributed by atoms with Gasteiger partial charge >= 0.3 is 0 Å². The third-order valence-corrected chi connectivity index (χ3v) is 7.39. The molecule has 0 amide bonds. The number of piperidine rings is 1. The fourth-order valence-electron chi connectivity index (χ4n) is 5.69. The molecule has 2 aromatic rings. The van der Waals surface area contributed by atoms with E-state index in [-0.39, 0.29) is 0 Å². The molecule has 1 aliphatic heterocycles. The van der Waals surface area contributed by atoms with Crippen molar-refractivity contribution in [1.29, 1.82) is 0 Å². The van der Waals surface area contributed by atoms with E-state index in [9.17, 15) is 0 Å². The van der Waals surface area contributed by atoms with Gasteiger partial charge in [0, 0.05) is 32.2 Å². The SMILES string of the molecule is C=C(NCc1ccc(OCC(C)C)cc1)N(Cc1ccc(C)cc1)C1C2CCCC1CN(C)C2.C=O. The number of nitrogens with one attached hydrogen (secondary N) is 1. The third-order valence-electron chi connectivity index (χ3n) is 7.39. The van der Waals surface area contributed by atoms with Crippen molar-refractivity contribution in [3.63, 3.8) is 0 Å². The number of likely N-dealkylation sites (tertiary alicyclic amines) is 1. The molecule has 1 aliphatic carbocycles. The Bertz CT molecular complexity index is 927. The van der Waals surface area contributed by atoms with Crippen molar-refractivity contribution in [3.05, 3.63) is 77.6 Å². The van der Waals surface area contributed by atoms with E-state index in [2.05, 4.69) is 98.0 Å². The molecule has 36 heavy (non-hydrogen) atoms. The molecule has 1 saturated heterocycles. The summed E-state index contributed by atoms with van der Waals surface area (Å²) in [4.78, 5) is 13.1. The Kier molecular flexibility index (Phi) is 10.4. The van der Waals surface area contributed by atoms with Crippen LogP contribution in [0.25, 0.3) is 0 Å². The molecule has 0 spiro atoms. The molecule has 1 saturated carbocycles. The van der Waals surface area contributed by atoms with Gasteiger partial charge in [0.15, 0.2) is 0 Å². The van der Waals surface area contributed by atoms with Crippen LogP contribution in [0.15, 0.2) is 60.9 Å². The minimum absolute atomic E-state index is 0.531. The van der Waals surface area contributed by atoms with Crippen molar-refractivity contribution in [2.24, 2.45) is 17.8 Å². The summed E-state index contributed by atoms with van der Waals surface area (Å²) in [5, 5.41) is 3.68. The van der Waals surface area contributed by atoms with Gasteiger partial charge in [-0.3, -0.25) is 0 Å². The molecule has 5 heteroatoms. The standard InChI is InChI=1S/C30H43N3O.CH2O/c1-22(2)21-34-29-15-13-25(14-16-29)17-31-24(4)33(18-26-11-9-23(3)10-12-26)30-27-7-6-8-28(30)20-32(5)19-27;1-2/h9-16,22,27-28,30-31H,4,6-8,17-21H2,1-3,5H3;1H2. The first-order valence-electron chi connectivity index (χ1n) is 13.3. The van der Waals surface area contributed by atoms with Gasteiger partial charge in [-0.15, -0.1) is 0 Å². The maximum Gasteiger partial charge on any atom is 0.119 e. The summed E-state index contributed by atoms with van der Waals surface area (Å²) in [5.74, 6) is 3.93. The van der Waals surface area contributed by atoms with Crippen LogP contribution in [0.5, 0.6) is 5.75 Å². The predicted octanol–water partition coefficient (Wildman–Crippen LogP) is 5.64. The van der Waals surface area contributed by atoms with Crippen LogP contribution in [0.4, 0.5) is 0 Å². The summed E-state index contributed by atoms with van der Waals surface area (Å²) >= 11 is 0. The minimum atomic E-state index is 0.531. The Balaban J connectivity index is 0.00000176. The van der Waals surface area contributed by atoms with Gasteiger partial charge < -0.3 is 24.6 Å². The van der Waals surface area contributed by atoms with Crippen LogP contribution in [-0.4, -0.2) is 49.4 Å². The van der Waals surface area contributed by atoms with E-state index in [0.717, 1.165) is 31.3 Å². The quantitative estimate of drug-likeness (QED) is 0.466. The molecule has 2 atom stereocenters. The second kappa shape index (κ2) is 13.5. The molecule has 2 aromatic carbocycles. The molecule has 1 N–H and O–H groups in total. The van der Waals surface area contributed by atoms with E-state index >= 15 is 0 Å². The van der Waals surface area contributed by atoms with Crippen molar-refractivity contribution in [2.45, 2.75) is 59.2 Å². The lowest BCUT2D eigenvalue weighted by Gasteiger charge is -2.52. The molecule has 2 fully saturated rings. The molecule has 0 radical (unpaired) electrons. The van der Waals surface area contributed by atoms with Crippen LogP contribution in [-0.2, 0) is 17.9 Å². The molecule has 0 aromatic heterocycles.